The summed E-state index contributed by atoms with van der Waals surface area (Å²) in [6.45, 7) is 3.44. The summed E-state index contributed by atoms with van der Waals surface area (Å²) in [5.41, 5.74) is 0.768. The van der Waals surface area contributed by atoms with Gasteiger partial charge in [-0.15, -0.1) is 0 Å². The number of para-hydroxylation sites is 1. The number of carbonyl (C=O) groups is 3. The third-order valence-electron chi connectivity index (χ3n) is 6.41. The van der Waals surface area contributed by atoms with Crippen molar-refractivity contribution < 1.29 is 14.4 Å². The fourth-order valence-electron chi connectivity index (χ4n) is 4.80. The first-order valence-electron chi connectivity index (χ1n) is 10.8. The molecule has 7 heteroatoms. The lowest BCUT2D eigenvalue weighted by Crippen LogP contribution is -2.51. The fraction of sp³-hybridized carbons (Fsp3) is 0.591. The molecular formula is C22H30N4O3. The van der Waals surface area contributed by atoms with Gasteiger partial charge in [-0.3, -0.25) is 9.59 Å². The normalized spacial score (nSPS) is 23.4. The first-order chi connectivity index (χ1) is 14.1. The fourth-order valence-corrected chi connectivity index (χ4v) is 4.80. The summed E-state index contributed by atoms with van der Waals surface area (Å²) in [5, 5.41) is 2.92. The van der Waals surface area contributed by atoms with Gasteiger partial charge in [0, 0.05) is 50.9 Å². The van der Waals surface area contributed by atoms with Crippen molar-refractivity contribution in [1.29, 1.82) is 0 Å². The molecule has 1 aromatic rings. The molecule has 29 heavy (non-hydrogen) atoms. The summed E-state index contributed by atoms with van der Waals surface area (Å²) in [6, 6.07) is 9.55. The number of anilines is 1. The number of hydrogen-bond acceptors (Lipinski definition) is 3. The topological polar surface area (TPSA) is 73.0 Å². The molecule has 3 fully saturated rings. The van der Waals surface area contributed by atoms with Gasteiger partial charge in [0.1, 0.15) is 0 Å². The molecule has 4 amide bonds. The zero-order valence-electron chi connectivity index (χ0n) is 16.9. The van der Waals surface area contributed by atoms with E-state index in [1.165, 1.54) is 0 Å². The van der Waals surface area contributed by atoms with Crippen LogP contribution in [-0.2, 0) is 9.59 Å². The van der Waals surface area contributed by atoms with E-state index in [1.807, 2.05) is 40.1 Å². The molecule has 0 aliphatic carbocycles. The van der Waals surface area contributed by atoms with Crippen molar-refractivity contribution in [3.63, 3.8) is 0 Å². The average molecular weight is 399 g/mol. The maximum atomic E-state index is 13.1. The highest BCUT2D eigenvalue weighted by molar-refractivity contribution is 5.90. The summed E-state index contributed by atoms with van der Waals surface area (Å²) in [6.07, 6.45) is 5.03. The summed E-state index contributed by atoms with van der Waals surface area (Å²) in [5.74, 6) is 0.297. The van der Waals surface area contributed by atoms with Gasteiger partial charge in [0.05, 0.1) is 5.92 Å². The van der Waals surface area contributed by atoms with E-state index in [0.717, 1.165) is 44.3 Å². The van der Waals surface area contributed by atoms with Crippen LogP contribution < -0.4 is 5.32 Å². The quantitative estimate of drug-likeness (QED) is 0.850. The first-order valence-corrected chi connectivity index (χ1v) is 10.8. The maximum absolute atomic E-state index is 13.1. The second kappa shape index (κ2) is 8.84. The van der Waals surface area contributed by atoms with Crippen molar-refractivity contribution in [1.82, 2.24) is 14.7 Å². The lowest BCUT2D eigenvalue weighted by molar-refractivity contribution is -0.139. The van der Waals surface area contributed by atoms with E-state index in [0.29, 0.717) is 32.6 Å². The van der Waals surface area contributed by atoms with E-state index >= 15 is 0 Å². The predicted octanol–water partition coefficient (Wildman–Crippen LogP) is 2.54. The second-order valence-corrected chi connectivity index (χ2v) is 8.33. The van der Waals surface area contributed by atoms with Crippen molar-refractivity contribution in [3.8, 4) is 0 Å². The van der Waals surface area contributed by atoms with Gasteiger partial charge in [0.2, 0.25) is 11.8 Å². The molecule has 0 aromatic heterocycles. The van der Waals surface area contributed by atoms with E-state index in [9.17, 15) is 14.4 Å². The van der Waals surface area contributed by atoms with Gasteiger partial charge in [0.25, 0.3) is 0 Å². The molecule has 1 atom stereocenters. The van der Waals surface area contributed by atoms with Crippen molar-refractivity contribution in [2.75, 3.05) is 38.0 Å². The highest BCUT2D eigenvalue weighted by Crippen LogP contribution is 2.25. The predicted molar refractivity (Wildman–Crippen MR) is 110 cm³/mol. The molecule has 0 saturated carbocycles. The van der Waals surface area contributed by atoms with Gasteiger partial charge in [-0.25, -0.2) is 4.79 Å². The Kier molecular flexibility index (Phi) is 6.02. The standard InChI is InChI=1S/C22H30N4O3/c27-20-9-5-13-26(20)19-10-14-24(15-11-19)21(28)17-6-4-12-25(16-17)22(29)23-18-7-2-1-3-8-18/h1-3,7-8,17,19H,4-6,9-16H2,(H,23,29). The maximum Gasteiger partial charge on any atom is 0.321 e. The molecule has 0 spiro atoms. The number of rotatable bonds is 3. The Morgan fingerprint density at radius 1 is 0.897 bits per heavy atom. The number of amides is 4. The molecule has 3 saturated heterocycles. The van der Waals surface area contributed by atoms with Crippen molar-refractivity contribution in [2.45, 2.75) is 44.6 Å². The molecule has 156 valence electrons. The highest BCUT2D eigenvalue weighted by Gasteiger charge is 2.35. The smallest absolute Gasteiger partial charge is 0.321 e. The van der Waals surface area contributed by atoms with E-state index in [4.69, 9.17) is 0 Å². The number of nitrogens with one attached hydrogen (secondary N) is 1. The van der Waals surface area contributed by atoms with Crippen molar-refractivity contribution in [3.05, 3.63) is 30.3 Å². The summed E-state index contributed by atoms with van der Waals surface area (Å²) >= 11 is 0. The molecule has 1 aromatic carbocycles. The Bertz CT molecular complexity index is 746. The van der Waals surface area contributed by atoms with E-state index in [2.05, 4.69) is 5.32 Å². The zero-order valence-corrected chi connectivity index (χ0v) is 16.9. The Morgan fingerprint density at radius 3 is 2.34 bits per heavy atom. The minimum absolute atomic E-state index is 0.129. The van der Waals surface area contributed by atoms with Crippen molar-refractivity contribution >= 4 is 23.5 Å². The number of nitrogens with zero attached hydrogens (tertiary/aromatic N) is 3. The van der Waals surface area contributed by atoms with Crippen LogP contribution in [-0.4, -0.2) is 71.3 Å². The van der Waals surface area contributed by atoms with E-state index < -0.39 is 0 Å². The van der Waals surface area contributed by atoms with Crippen LogP contribution in [0.4, 0.5) is 10.5 Å². The molecule has 0 radical (unpaired) electrons. The lowest BCUT2D eigenvalue weighted by Gasteiger charge is -2.39. The molecule has 3 aliphatic rings. The van der Waals surface area contributed by atoms with Crippen LogP contribution in [0.3, 0.4) is 0 Å². The number of piperidine rings is 2. The van der Waals surface area contributed by atoms with E-state index in [1.54, 1.807) is 4.90 Å². The highest BCUT2D eigenvalue weighted by atomic mass is 16.2. The van der Waals surface area contributed by atoms with Gasteiger partial charge in [-0.1, -0.05) is 18.2 Å². The zero-order chi connectivity index (χ0) is 20.2. The minimum Gasteiger partial charge on any atom is -0.342 e. The van der Waals surface area contributed by atoms with Crippen LogP contribution in [0.5, 0.6) is 0 Å². The third kappa shape index (κ3) is 4.54. The SMILES string of the molecule is O=C(Nc1ccccc1)N1CCCC(C(=O)N2CCC(N3CCCC3=O)CC2)C1. The molecule has 7 nitrogen and oxygen atoms in total. The molecule has 3 aliphatic heterocycles. The summed E-state index contributed by atoms with van der Waals surface area (Å²) in [4.78, 5) is 43.3. The molecular weight excluding hydrogens is 368 g/mol. The molecule has 1 unspecified atom stereocenters. The largest absolute Gasteiger partial charge is 0.342 e. The van der Waals surface area contributed by atoms with Gasteiger partial charge in [-0.2, -0.15) is 0 Å². The van der Waals surface area contributed by atoms with E-state index in [-0.39, 0.29) is 29.8 Å². The Hall–Kier alpha value is -2.57. The molecule has 4 rings (SSSR count). The number of carbonyl (C=O) groups excluding carboxylic acids is 3. The monoisotopic (exact) mass is 398 g/mol. The lowest BCUT2D eigenvalue weighted by atomic mass is 9.94. The van der Waals surface area contributed by atoms with Gasteiger partial charge in [0.15, 0.2) is 0 Å². The third-order valence-corrected chi connectivity index (χ3v) is 6.41. The number of likely N-dealkylation sites (tertiary alicyclic amines) is 3. The summed E-state index contributed by atoms with van der Waals surface area (Å²) < 4.78 is 0. The second-order valence-electron chi connectivity index (χ2n) is 8.33. The number of hydrogen-bond donors (Lipinski definition) is 1. The summed E-state index contributed by atoms with van der Waals surface area (Å²) in [7, 11) is 0. The van der Waals surface area contributed by atoms with Crippen LogP contribution in [0.1, 0.15) is 38.5 Å². The van der Waals surface area contributed by atoms with Crippen LogP contribution in [0.25, 0.3) is 0 Å². The minimum atomic E-state index is -0.139. The van der Waals surface area contributed by atoms with Gasteiger partial charge >= 0.3 is 6.03 Å². The Balaban J connectivity index is 1.29. The van der Waals surface area contributed by atoms with Crippen LogP contribution in [0.2, 0.25) is 0 Å². The van der Waals surface area contributed by atoms with Gasteiger partial charge < -0.3 is 20.0 Å². The Labute approximate surface area is 172 Å². The number of benzene rings is 1. The number of urea groups is 1. The molecule has 1 N–H and O–H groups in total. The van der Waals surface area contributed by atoms with Crippen LogP contribution >= 0.6 is 0 Å². The average Bonchev–Trinajstić information content (AvgIpc) is 3.20. The molecule has 3 heterocycles. The van der Waals surface area contributed by atoms with Crippen LogP contribution in [0, 0.1) is 5.92 Å². The van der Waals surface area contributed by atoms with Crippen molar-refractivity contribution in [2.24, 2.45) is 5.92 Å². The Morgan fingerprint density at radius 2 is 1.66 bits per heavy atom. The van der Waals surface area contributed by atoms with Crippen LogP contribution in [0.15, 0.2) is 30.3 Å². The van der Waals surface area contributed by atoms with Gasteiger partial charge in [-0.05, 0) is 44.2 Å². The first kappa shape index (κ1) is 19.7. The molecule has 0 bridgehead atoms.